The molecule has 0 saturated heterocycles. The van der Waals surface area contributed by atoms with E-state index in [-0.39, 0.29) is 11.3 Å². The van der Waals surface area contributed by atoms with Gasteiger partial charge in [-0.25, -0.2) is 0 Å². The molecule has 0 atom stereocenters. The lowest BCUT2D eigenvalue weighted by Gasteiger charge is -2.22. The molecule has 106 valence electrons. The molecule has 0 fully saturated rings. The van der Waals surface area contributed by atoms with E-state index in [2.05, 4.69) is 21.1 Å². The van der Waals surface area contributed by atoms with Gasteiger partial charge in [0, 0.05) is 9.89 Å². The number of ether oxygens (including phenoxy) is 1. The highest BCUT2D eigenvalue weighted by Gasteiger charge is 2.23. The van der Waals surface area contributed by atoms with Crippen molar-refractivity contribution in [3.63, 3.8) is 0 Å². The molecule has 0 radical (unpaired) electrons. The van der Waals surface area contributed by atoms with E-state index in [0.717, 1.165) is 21.3 Å². The van der Waals surface area contributed by atoms with Crippen LogP contribution in [-0.2, 0) is 0 Å². The fourth-order valence-corrected chi connectivity index (χ4v) is 1.91. The monoisotopic (exact) mass is 328 g/mol. The molecular weight excluding hydrogens is 308 g/mol. The summed E-state index contributed by atoms with van der Waals surface area (Å²) in [6.45, 7) is 8.42. The minimum Gasteiger partial charge on any atom is -0.494 e. The maximum atomic E-state index is 8.71. The first-order valence-electron chi connectivity index (χ1n) is 6.15. The van der Waals surface area contributed by atoms with Crippen molar-refractivity contribution in [1.82, 2.24) is 0 Å². The molecule has 0 unspecified atom stereocenters. The van der Waals surface area contributed by atoms with Crippen LogP contribution in [0.2, 0.25) is 0 Å². The molecule has 1 aromatic carbocycles. The maximum absolute atomic E-state index is 8.71. The van der Waals surface area contributed by atoms with Crippen LogP contribution >= 0.6 is 15.9 Å². The molecule has 4 nitrogen and oxygen atoms in total. The molecule has 0 spiro atoms. The van der Waals surface area contributed by atoms with Gasteiger partial charge in [0.15, 0.2) is 0 Å². The Labute approximate surface area is 122 Å². The number of aryl methyl sites for hydroxylation is 2. The molecule has 0 aromatic heterocycles. The Kier molecular flexibility index (Phi) is 5.23. The number of nitrogens with zero attached hydrogens (tertiary/aromatic N) is 1. The van der Waals surface area contributed by atoms with Gasteiger partial charge in [0.25, 0.3) is 0 Å². The zero-order chi connectivity index (χ0) is 14.6. The lowest BCUT2D eigenvalue weighted by atomic mass is 9.88. The summed E-state index contributed by atoms with van der Waals surface area (Å²) in [7, 11) is 0. The Bertz CT molecular complexity index is 461. The van der Waals surface area contributed by atoms with E-state index in [1.54, 1.807) is 0 Å². The second kappa shape index (κ2) is 6.28. The van der Waals surface area contributed by atoms with Crippen LogP contribution in [0.1, 0.15) is 31.4 Å². The first kappa shape index (κ1) is 15.8. The number of halogens is 1. The molecule has 0 aliphatic rings. The van der Waals surface area contributed by atoms with E-state index in [4.69, 9.17) is 15.7 Å². The van der Waals surface area contributed by atoms with Gasteiger partial charge in [0.2, 0.25) is 0 Å². The molecule has 0 aliphatic heterocycles. The second-order valence-corrected chi connectivity index (χ2v) is 6.13. The van der Waals surface area contributed by atoms with Crippen LogP contribution in [0.15, 0.2) is 21.8 Å². The smallest absolute Gasteiger partial charge is 0.144 e. The van der Waals surface area contributed by atoms with E-state index in [0.29, 0.717) is 13.0 Å². The summed E-state index contributed by atoms with van der Waals surface area (Å²) in [6, 6.07) is 3.99. The third-order valence-electron chi connectivity index (χ3n) is 3.21. The Morgan fingerprint density at radius 3 is 2.37 bits per heavy atom. The third kappa shape index (κ3) is 4.13. The van der Waals surface area contributed by atoms with E-state index in [1.165, 1.54) is 0 Å². The van der Waals surface area contributed by atoms with Crippen molar-refractivity contribution < 1.29 is 9.94 Å². The molecular formula is C14H21BrN2O2. The molecule has 0 saturated carbocycles. The number of amidine groups is 1. The Morgan fingerprint density at radius 2 is 1.89 bits per heavy atom. The lowest BCUT2D eigenvalue weighted by Crippen LogP contribution is -2.33. The largest absolute Gasteiger partial charge is 0.494 e. The number of benzene rings is 1. The van der Waals surface area contributed by atoms with Crippen molar-refractivity contribution >= 4 is 21.8 Å². The summed E-state index contributed by atoms with van der Waals surface area (Å²) in [6.07, 6.45) is 0.678. The lowest BCUT2D eigenvalue weighted by molar-refractivity contribution is 0.259. The number of hydrogen-bond donors (Lipinski definition) is 2. The minimum atomic E-state index is -0.381. The highest BCUT2D eigenvalue weighted by atomic mass is 79.9. The van der Waals surface area contributed by atoms with Crippen molar-refractivity contribution in [1.29, 1.82) is 0 Å². The highest BCUT2D eigenvalue weighted by molar-refractivity contribution is 9.10. The fourth-order valence-electron chi connectivity index (χ4n) is 1.68. The van der Waals surface area contributed by atoms with Crippen LogP contribution in [0.5, 0.6) is 5.75 Å². The molecule has 1 aromatic rings. The Morgan fingerprint density at radius 1 is 1.37 bits per heavy atom. The van der Waals surface area contributed by atoms with E-state index in [1.807, 2.05) is 39.8 Å². The summed E-state index contributed by atoms with van der Waals surface area (Å²) >= 11 is 3.53. The molecule has 19 heavy (non-hydrogen) atoms. The molecule has 0 aliphatic carbocycles. The van der Waals surface area contributed by atoms with Crippen molar-refractivity contribution in [3.05, 3.63) is 27.7 Å². The van der Waals surface area contributed by atoms with Gasteiger partial charge in [-0.2, -0.15) is 0 Å². The van der Waals surface area contributed by atoms with Gasteiger partial charge in [-0.15, -0.1) is 0 Å². The molecule has 3 N–H and O–H groups in total. The van der Waals surface area contributed by atoms with Crippen molar-refractivity contribution in [2.45, 2.75) is 34.1 Å². The fraction of sp³-hybridized carbons (Fsp3) is 0.500. The van der Waals surface area contributed by atoms with Gasteiger partial charge >= 0.3 is 0 Å². The standard InChI is InChI=1S/C14H21BrN2O2/c1-9-7-11(8-10(2)12(9)15)19-6-5-14(3,4)13(16)17-18/h7-8,18H,5-6H2,1-4H3,(H2,16,17). The van der Waals surface area contributed by atoms with Gasteiger partial charge in [0.1, 0.15) is 11.6 Å². The molecule has 0 bridgehead atoms. The Hall–Kier alpha value is -1.23. The first-order chi connectivity index (χ1) is 8.77. The summed E-state index contributed by atoms with van der Waals surface area (Å²) in [5.41, 5.74) is 7.54. The van der Waals surface area contributed by atoms with Gasteiger partial charge in [-0.1, -0.05) is 34.9 Å². The summed E-state index contributed by atoms with van der Waals surface area (Å²) in [5.74, 6) is 1.06. The topological polar surface area (TPSA) is 67.8 Å². The van der Waals surface area contributed by atoms with Gasteiger partial charge < -0.3 is 15.7 Å². The summed E-state index contributed by atoms with van der Waals surface area (Å²) < 4.78 is 6.85. The summed E-state index contributed by atoms with van der Waals surface area (Å²) in [4.78, 5) is 0. The Balaban J connectivity index is 2.64. The van der Waals surface area contributed by atoms with Crippen molar-refractivity contribution in [2.24, 2.45) is 16.3 Å². The highest BCUT2D eigenvalue weighted by Crippen LogP contribution is 2.27. The quantitative estimate of drug-likeness (QED) is 0.375. The van der Waals surface area contributed by atoms with Crippen LogP contribution < -0.4 is 10.5 Å². The minimum absolute atomic E-state index is 0.222. The predicted molar refractivity (Wildman–Crippen MR) is 80.9 cm³/mol. The molecule has 5 heteroatoms. The molecule has 0 heterocycles. The average Bonchev–Trinajstić information content (AvgIpc) is 2.34. The number of rotatable bonds is 5. The van der Waals surface area contributed by atoms with Crippen LogP contribution in [0.4, 0.5) is 0 Å². The maximum Gasteiger partial charge on any atom is 0.144 e. The van der Waals surface area contributed by atoms with Crippen LogP contribution in [0, 0.1) is 19.3 Å². The first-order valence-corrected chi connectivity index (χ1v) is 6.95. The predicted octanol–water partition coefficient (Wildman–Crippen LogP) is 3.61. The zero-order valence-electron chi connectivity index (χ0n) is 11.8. The van der Waals surface area contributed by atoms with Crippen molar-refractivity contribution in [2.75, 3.05) is 6.61 Å². The van der Waals surface area contributed by atoms with Crippen LogP contribution in [0.25, 0.3) is 0 Å². The van der Waals surface area contributed by atoms with Gasteiger partial charge in [-0.05, 0) is 43.5 Å². The number of nitrogens with two attached hydrogens (primary N) is 1. The number of oxime groups is 1. The summed E-state index contributed by atoms with van der Waals surface area (Å²) in [5, 5.41) is 11.8. The van der Waals surface area contributed by atoms with Crippen molar-refractivity contribution in [3.8, 4) is 5.75 Å². The van der Waals surface area contributed by atoms with E-state index in [9.17, 15) is 0 Å². The third-order valence-corrected chi connectivity index (χ3v) is 4.46. The number of hydrogen-bond acceptors (Lipinski definition) is 3. The van der Waals surface area contributed by atoms with Crippen LogP contribution in [0.3, 0.4) is 0 Å². The van der Waals surface area contributed by atoms with E-state index >= 15 is 0 Å². The van der Waals surface area contributed by atoms with Crippen LogP contribution in [-0.4, -0.2) is 17.6 Å². The second-order valence-electron chi connectivity index (χ2n) is 5.34. The van der Waals surface area contributed by atoms with E-state index < -0.39 is 0 Å². The molecule has 1 rings (SSSR count). The SMILES string of the molecule is Cc1cc(OCCC(C)(C)/C(N)=N/O)cc(C)c1Br. The average molecular weight is 329 g/mol. The zero-order valence-corrected chi connectivity index (χ0v) is 13.4. The van der Waals surface area contributed by atoms with Gasteiger partial charge in [0.05, 0.1) is 6.61 Å². The molecule has 0 amide bonds. The normalized spacial score (nSPS) is 12.6. The van der Waals surface area contributed by atoms with Gasteiger partial charge in [-0.3, -0.25) is 0 Å².